The Hall–Kier alpha value is -1.20. The molecule has 4 nitrogen and oxygen atoms in total. The van der Waals surface area contributed by atoms with Gasteiger partial charge in [-0.25, -0.2) is 9.97 Å². The Morgan fingerprint density at radius 2 is 2.00 bits per heavy atom. The molecule has 0 bridgehead atoms. The summed E-state index contributed by atoms with van der Waals surface area (Å²) in [6.07, 6.45) is 6.24. The number of aromatic nitrogens is 2. The first-order valence-corrected chi connectivity index (χ1v) is 7.72. The van der Waals surface area contributed by atoms with E-state index in [1.807, 2.05) is 0 Å². The number of fused-ring (bicyclic) bond motifs is 1. The number of anilines is 1. The summed E-state index contributed by atoms with van der Waals surface area (Å²) in [5.74, 6) is 1.07. The monoisotopic (exact) mass is 276 g/mol. The van der Waals surface area contributed by atoms with E-state index in [2.05, 4.69) is 34.2 Å². The van der Waals surface area contributed by atoms with Crippen LogP contribution < -0.4 is 10.6 Å². The van der Waals surface area contributed by atoms with E-state index in [9.17, 15) is 0 Å². The Bertz CT molecular complexity index is 572. The second-order valence-corrected chi connectivity index (χ2v) is 6.35. The van der Waals surface area contributed by atoms with Gasteiger partial charge in [-0.05, 0) is 43.6 Å². The third-order valence-corrected chi connectivity index (χ3v) is 5.22. The zero-order chi connectivity index (χ0) is 13.4. The number of thiophene rings is 1. The lowest BCUT2D eigenvalue weighted by Gasteiger charge is -2.34. The summed E-state index contributed by atoms with van der Waals surface area (Å²) in [5, 5.41) is 2.16. The molecule has 0 saturated heterocycles. The maximum atomic E-state index is 5.99. The molecule has 0 atom stereocenters. The van der Waals surface area contributed by atoms with Crippen LogP contribution in [-0.2, 0) is 0 Å². The van der Waals surface area contributed by atoms with Crippen molar-refractivity contribution in [2.45, 2.75) is 44.7 Å². The summed E-state index contributed by atoms with van der Waals surface area (Å²) >= 11 is 1.74. The van der Waals surface area contributed by atoms with Gasteiger partial charge in [-0.2, -0.15) is 0 Å². The largest absolute Gasteiger partial charge is 0.355 e. The smallest absolute Gasteiger partial charge is 0.150 e. The highest BCUT2D eigenvalue weighted by Crippen LogP contribution is 2.33. The van der Waals surface area contributed by atoms with Gasteiger partial charge in [0.15, 0.2) is 0 Å². The lowest BCUT2D eigenvalue weighted by atomic mass is 9.91. The van der Waals surface area contributed by atoms with Crippen molar-refractivity contribution >= 4 is 27.4 Å². The SMILES string of the molecule is Cc1csc2c(N(C)C3CCC(N)CC3)ncnc12. The van der Waals surface area contributed by atoms with Gasteiger partial charge >= 0.3 is 0 Å². The van der Waals surface area contributed by atoms with Crippen molar-refractivity contribution in [1.82, 2.24) is 9.97 Å². The fourth-order valence-corrected chi connectivity index (χ4v) is 3.90. The Morgan fingerprint density at radius 3 is 2.74 bits per heavy atom. The molecule has 1 saturated carbocycles. The summed E-state index contributed by atoms with van der Waals surface area (Å²) in [7, 11) is 2.15. The number of nitrogens with two attached hydrogens (primary N) is 1. The van der Waals surface area contributed by atoms with Gasteiger partial charge in [0.2, 0.25) is 0 Å². The van der Waals surface area contributed by atoms with Gasteiger partial charge in [0.05, 0.1) is 10.2 Å². The molecule has 2 heterocycles. The third kappa shape index (κ3) is 2.32. The van der Waals surface area contributed by atoms with Gasteiger partial charge in [0.1, 0.15) is 12.1 Å². The minimum Gasteiger partial charge on any atom is -0.355 e. The Kier molecular flexibility index (Phi) is 3.41. The number of aryl methyl sites for hydroxylation is 1. The number of nitrogens with zero attached hydrogens (tertiary/aromatic N) is 3. The maximum Gasteiger partial charge on any atom is 0.150 e. The number of rotatable bonds is 2. The van der Waals surface area contributed by atoms with E-state index in [4.69, 9.17) is 5.73 Å². The van der Waals surface area contributed by atoms with Gasteiger partial charge in [0, 0.05) is 19.1 Å². The zero-order valence-electron chi connectivity index (χ0n) is 11.5. The maximum absolute atomic E-state index is 5.99. The number of hydrogen-bond donors (Lipinski definition) is 1. The van der Waals surface area contributed by atoms with E-state index in [1.165, 1.54) is 10.3 Å². The molecular formula is C14H20N4S. The van der Waals surface area contributed by atoms with Crippen molar-refractivity contribution in [3.05, 3.63) is 17.3 Å². The summed E-state index contributed by atoms with van der Waals surface area (Å²) in [4.78, 5) is 11.2. The Balaban J connectivity index is 1.91. The predicted octanol–water partition coefficient (Wildman–Crippen LogP) is 2.71. The van der Waals surface area contributed by atoms with E-state index >= 15 is 0 Å². The molecule has 0 aromatic carbocycles. The van der Waals surface area contributed by atoms with Crippen LogP contribution in [0.5, 0.6) is 0 Å². The van der Waals surface area contributed by atoms with Crippen molar-refractivity contribution in [3.63, 3.8) is 0 Å². The van der Waals surface area contributed by atoms with Gasteiger partial charge in [-0.1, -0.05) is 0 Å². The minimum absolute atomic E-state index is 0.388. The highest BCUT2D eigenvalue weighted by molar-refractivity contribution is 7.18. The molecule has 102 valence electrons. The normalized spacial score (nSPS) is 23.7. The van der Waals surface area contributed by atoms with Crippen molar-refractivity contribution in [1.29, 1.82) is 0 Å². The second kappa shape index (κ2) is 5.06. The molecular weight excluding hydrogens is 256 g/mol. The highest BCUT2D eigenvalue weighted by atomic mass is 32.1. The van der Waals surface area contributed by atoms with E-state index in [1.54, 1.807) is 17.7 Å². The fourth-order valence-electron chi connectivity index (χ4n) is 2.87. The zero-order valence-corrected chi connectivity index (χ0v) is 12.3. The molecule has 2 aromatic heterocycles. The van der Waals surface area contributed by atoms with Crippen LogP contribution in [0, 0.1) is 6.92 Å². The Morgan fingerprint density at radius 1 is 1.26 bits per heavy atom. The molecule has 1 fully saturated rings. The topological polar surface area (TPSA) is 55.0 Å². The Labute approximate surface area is 117 Å². The lowest BCUT2D eigenvalue weighted by Crippen LogP contribution is -2.39. The molecule has 19 heavy (non-hydrogen) atoms. The molecule has 5 heteroatoms. The quantitative estimate of drug-likeness (QED) is 0.916. The van der Waals surface area contributed by atoms with Gasteiger partial charge < -0.3 is 10.6 Å². The van der Waals surface area contributed by atoms with Crippen LogP contribution in [-0.4, -0.2) is 29.1 Å². The first-order chi connectivity index (χ1) is 9.16. The van der Waals surface area contributed by atoms with E-state index in [0.717, 1.165) is 37.0 Å². The van der Waals surface area contributed by atoms with Crippen LogP contribution in [0.2, 0.25) is 0 Å². The van der Waals surface area contributed by atoms with Gasteiger partial charge in [0.25, 0.3) is 0 Å². The molecule has 0 radical (unpaired) electrons. The molecule has 3 rings (SSSR count). The summed E-state index contributed by atoms with van der Waals surface area (Å²) in [5.41, 5.74) is 8.32. The lowest BCUT2D eigenvalue weighted by molar-refractivity contribution is 0.384. The van der Waals surface area contributed by atoms with Crippen molar-refractivity contribution in [2.75, 3.05) is 11.9 Å². The van der Waals surface area contributed by atoms with Crippen molar-refractivity contribution in [3.8, 4) is 0 Å². The first-order valence-electron chi connectivity index (χ1n) is 6.84. The van der Waals surface area contributed by atoms with Crippen LogP contribution in [0.25, 0.3) is 10.2 Å². The fraction of sp³-hybridized carbons (Fsp3) is 0.571. The summed E-state index contributed by atoms with van der Waals surface area (Å²) in [6, 6.07) is 0.944. The van der Waals surface area contributed by atoms with Crippen LogP contribution in [0.1, 0.15) is 31.2 Å². The standard InChI is InChI=1S/C14H20N4S/c1-9-7-19-13-12(9)16-8-17-14(13)18(2)11-5-3-10(15)4-6-11/h7-8,10-11H,3-6,15H2,1-2H3. The summed E-state index contributed by atoms with van der Waals surface area (Å²) in [6.45, 7) is 2.11. The second-order valence-electron chi connectivity index (χ2n) is 5.47. The van der Waals surface area contributed by atoms with Crippen LogP contribution in [0.4, 0.5) is 5.82 Å². The molecule has 0 amide bonds. The van der Waals surface area contributed by atoms with Crippen molar-refractivity contribution < 1.29 is 0 Å². The van der Waals surface area contributed by atoms with Crippen LogP contribution in [0.15, 0.2) is 11.7 Å². The summed E-state index contributed by atoms with van der Waals surface area (Å²) < 4.78 is 1.21. The molecule has 1 aliphatic carbocycles. The average molecular weight is 276 g/mol. The molecule has 0 unspecified atom stereocenters. The minimum atomic E-state index is 0.388. The van der Waals surface area contributed by atoms with Crippen LogP contribution >= 0.6 is 11.3 Å². The van der Waals surface area contributed by atoms with E-state index in [0.29, 0.717) is 12.1 Å². The van der Waals surface area contributed by atoms with Gasteiger partial charge in [-0.15, -0.1) is 11.3 Å². The highest BCUT2D eigenvalue weighted by Gasteiger charge is 2.24. The van der Waals surface area contributed by atoms with Gasteiger partial charge in [-0.3, -0.25) is 0 Å². The van der Waals surface area contributed by atoms with Crippen molar-refractivity contribution in [2.24, 2.45) is 5.73 Å². The molecule has 2 aromatic rings. The molecule has 2 N–H and O–H groups in total. The number of hydrogen-bond acceptors (Lipinski definition) is 5. The molecule has 0 spiro atoms. The predicted molar refractivity (Wildman–Crippen MR) is 80.8 cm³/mol. The van der Waals surface area contributed by atoms with Crippen LogP contribution in [0.3, 0.4) is 0 Å². The average Bonchev–Trinajstić information content (AvgIpc) is 2.81. The first kappa shape index (κ1) is 12.8. The molecule has 1 aliphatic rings. The third-order valence-electron chi connectivity index (χ3n) is 4.14. The van der Waals surface area contributed by atoms with E-state index in [-0.39, 0.29) is 0 Å². The van der Waals surface area contributed by atoms with E-state index < -0.39 is 0 Å². The molecule has 0 aliphatic heterocycles.